The Kier molecular flexibility index (Phi) is 7.10. The summed E-state index contributed by atoms with van der Waals surface area (Å²) in [5.74, 6) is 1.05. The number of carbonyl (C=O) groups is 1. The number of nitrogens with zero attached hydrogens (tertiary/aromatic N) is 2. The van der Waals surface area contributed by atoms with Crippen LogP contribution in [0.4, 0.5) is 5.69 Å². The number of aliphatic hydroxyl groups is 1. The minimum atomic E-state index is -0.145. The highest BCUT2D eigenvalue weighted by Crippen LogP contribution is 2.21. The van der Waals surface area contributed by atoms with Gasteiger partial charge in [-0.2, -0.15) is 0 Å². The molecule has 0 aromatic heterocycles. The quantitative estimate of drug-likeness (QED) is 0.548. The molecule has 1 amide bonds. The molecule has 0 spiro atoms. The number of aliphatic hydroxyl groups excluding tert-OH is 1. The molecule has 2 fully saturated rings. The van der Waals surface area contributed by atoms with Crippen molar-refractivity contribution in [2.24, 2.45) is 4.99 Å². The maximum absolute atomic E-state index is 12.0. The third-order valence-corrected chi connectivity index (χ3v) is 5.37. The van der Waals surface area contributed by atoms with Gasteiger partial charge < -0.3 is 20.6 Å². The zero-order valence-electron chi connectivity index (χ0n) is 16.3. The predicted molar refractivity (Wildman–Crippen MR) is 109 cm³/mol. The number of anilines is 1. The summed E-state index contributed by atoms with van der Waals surface area (Å²) in [7, 11) is 0. The zero-order valence-corrected chi connectivity index (χ0v) is 16.3. The molecule has 3 rings (SSSR count). The molecule has 27 heavy (non-hydrogen) atoms. The van der Waals surface area contributed by atoms with Crippen LogP contribution in [0, 0.1) is 0 Å². The van der Waals surface area contributed by atoms with Crippen molar-refractivity contribution in [3.8, 4) is 0 Å². The van der Waals surface area contributed by atoms with Crippen LogP contribution in [0.1, 0.15) is 57.4 Å². The van der Waals surface area contributed by atoms with Gasteiger partial charge in [0.05, 0.1) is 12.6 Å². The van der Waals surface area contributed by atoms with E-state index in [1.165, 1.54) is 0 Å². The number of guanidine groups is 1. The smallest absolute Gasteiger partial charge is 0.226 e. The maximum Gasteiger partial charge on any atom is 0.226 e. The van der Waals surface area contributed by atoms with Crippen LogP contribution in [-0.4, -0.2) is 42.2 Å². The van der Waals surface area contributed by atoms with Crippen molar-refractivity contribution in [2.45, 2.75) is 70.6 Å². The Morgan fingerprint density at radius 2 is 1.93 bits per heavy atom. The average molecular weight is 373 g/mol. The van der Waals surface area contributed by atoms with Gasteiger partial charge in [0.1, 0.15) is 0 Å². The van der Waals surface area contributed by atoms with Crippen molar-refractivity contribution >= 4 is 17.6 Å². The summed E-state index contributed by atoms with van der Waals surface area (Å²) >= 11 is 0. The van der Waals surface area contributed by atoms with Crippen LogP contribution in [0.2, 0.25) is 0 Å². The standard InChI is InChI=1S/C21H32N4O2/c1-2-22-21(24-17-8-12-19(26)13-9-17)23-15-16-6-10-18(11-7-16)25-14-4-3-5-20(25)27/h6-7,10-11,17,19,26H,2-5,8-9,12-15H2,1H3,(H2,22,23,24). The van der Waals surface area contributed by atoms with Crippen molar-refractivity contribution in [2.75, 3.05) is 18.0 Å². The first-order valence-electron chi connectivity index (χ1n) is 10.3. The minimum Gasteiger partial charge on any atom is -0.393 e. The predicted octanol–water partition coefficient (Wildman–Crippen LogP) is 2.56. The Morgan fingerprint density at radius 1 is 1.19 bits per heavy atom. The van der Waals surface area contributed by atoms with Crippen LogP contribution in [0.5, 0.6) is 0 Å². The minimum absolute atomic E-state index is 0.145. The average Bonchev–Trinajstić information content (AvgIpc) is 2.69. The van der Waals surface area contributed by atoms with E-state index in [2.05, 4.69) is 29.7 Å². The van der Waals surface area contributed by atoms with Gasteiger partial charge in [-0.1, -0.05) is 12.1 Å². The molecule has 6 heteroatoms. The Hall–Kier alpha value is -2.08. The molecule has 0 radical (unpaired) electrons. The highest BCUT2D eigenvalue weighted by atomic mass is 16.3. The fourth-order valence-electron chi connectivity index (χ4n) is 3.76. The third-order valence-electron chi connectivity index (χ3n) is 5.37. The lowest BCUT2D eigenvalue weighted by molar-refractivity contribution is -0.119. The highest BCUT2D eigenvalue weighted by Gasteiger charge is 2.20. The Bertz CT molecular complexity index is 636. The van der Waals surface area contributed by atoms with E-state index in [0.717, 1.165) is 68.8 Å². The third kappa shape index (κ3) is 5.70. The van der Waals surface area contributed by atoms with Crippen LogP contribution in [0.3, 0.4) is 0 Å². The molecular formula is C21H32N4O2. The number of benzene rings is 1. The number of piperidine rings is 1. The Morgan fingerprint density at radius 3 is 2.59 bits per heavy atom. The lowest BCUT2D eigenvalue weighted by Crippen LogP contribution is -2.45. The molecule has 1 aliphatic carbocycles. The largest absolute Gasteiger partial charge is 0.393 e. The molecule has 1 heterocycles. The van der Waals surface area contributed by atoms with E-state index in [4.69, 9.17) is 4.99 Å². The topological polar surface area (TPSA) is 77.0 Å². The Labute approximate surface area is 162 Å². The molecule has 1 aliphatic heterocycles. The van der Waals surface area contributed by atoms with E-state index >= 15 is 0 Å². The van der Waals surface area contributed by atoms with E-state index < -0.39 is 0 Å². The van der Waals surface area contributed by atoms with E-state index in [0.29, 0.717) is 19.0 Å². The molecule has 3 N–H and O–H groups in total. The normalized spacial score (nSPS) is 24.0. The van der Waals surface area contributed by atoms with Gasteiger partial charge in [0.2, 0.25) is 5.91 Å². The lowest BCUT2D eigenvalue weighted by Gasteiger charge is -2.27. The molecule has 1 saturated heterocycles. The Balaban J connectivity index is 1.57. The number of amides is 1. The van der Waals surface area contributed by atoms with Crippen LogP contribution in [-0.2, 0) is 11.3 Å². The van der Waals surface area contributed by atoms with Gasteiger partial charge in [-0.05, 0) is 63.1 Å². The van der Waals surface area contributed by atoms with E-state index in [1.54, 1.807) is 0 Å². The van der Waals surface area contributed by atoms with E-state index in [-0.39, 0.29) is 12.0 Å². The SMILES string of the molecule is CCNC(=NCc1ccc(N2CCCCC2=O)cc1)NC1CCC(O)CC1. The van der Waals surface area contributed by atoms with Crippen LogP contribution >= 0.6 is 0 Å². The van der Waals surface area contributed by atoms with Gasteiger partial charge in [0, 0.05) is 31.2 Å². The second-order valence-corrected chi connectivity index (χ2v) is 7.51. The first-order chi connectivity index (χ1) is 13.2. The first-order valence-corrected chi connectivity index (χ1v) is 10.3. The fraction of sp³-hybridized carbons (Fsp3) is 0.619. The highest BCUT2D eigenvalue weighted by molar-refractivity contribution is 5.93. The van der Waals surface area contributed by atoms with Gasteiger partial charge >= 0.3 is 0 Å². The van der Waals surface area contributed by atoms with Crippen molar-refractivity contribution in [1.29, 1.82) is 0 Å². The van der Waals surface area contributed by atoms with Crippen LogP contribution in [0.25, 0.3) is 0 Å². The van der Waals surface area contributed by atoms with Gasteiger partial charge in [0.15, 0.2) is 5.96 Å². The summed E-state index contributed by atoms with van der Waals surface area (Å²) in [6.07, 6.45) is 6.25. The summed E-state index contributed by atoms with van der Waals surface area (Å²) in [6, 6.07) is 8.54. The number of carbonyl (C=O) groups excluding carboxylic acids is 1. The molecule has 1 aromatic carbocycles. The van der Waals surface area contributed by atoms with Gasteiger partial charge in [0.25, 0.3) is 0 Å². The first kappa shape index (κ1) is 19.7. The van der Waals surface area contributed by atoms with E-state index in [9.17, 15) is 9.90 Å². The molecule has 1 aromatic rings. The summed E-state index contributed by atoms with van der Waals surface area (Å²) in [6.45, 7) is 4.29. The summed E-state index contributed by atoms with van der Waals surface area (Å²) in [4.78, 5) is 18.6. The number of hydrogen-bond donors (Lipinski definition) is 3. The molecule has 0 atom stereocenters. The maximum atomic E-state index is 12.0. The van der Waals surface area contributed by atoms with Gasteiger partial charge in [-0.15, -0.1) is 0 Å². The molecule has 6 nitrogen and oxygen atoms in total. The number of aliphatic imine (C=N–C) groups is 1. The van der Waals surface area contributed by atoms with Crippen molar-refractivity contribution < 1.29 is 9.90 Å². The van der Waals surface area contributed by atoms with Crippen LogP contribution in [0.15, 0.2) is 29.3 Å². The summed E-state index contributed by atoms with van der Waals surface area (Å²) in [5.41, 5.74) is 2.11. The molecule has 0 bridgehead atoms. The zero-order chi connectivity index (χ0) is 19.1. The number of rotatable bonds is 5. The molecule has 148 valence electrons. The van der Waals surface area contributed by atoms with Gasteiger partial charge in [-0.3, -0.25) is 4.79 Å². The summed E-state index contributed by atoms with van der Waals surface area (Å²) < 4.78 is 0. The van der Waals surface area contributed by atoms with Crippen molar-refractivity contribution in [3.05, 3.63) is 29.8 Å². The molecular weight excluding hydrogens is 340 g/mol. The van der Waals surface area contributed by atoms with E-state index in [1.807, 2.05) is 17.0 Å². The molecule has 2 aliphatic rings. The molecule has 0 unspecified atom stereocenters. The van der Waals surface area contributed by atoms with Crippen LogP contribution < -0.4 is 15.5 Å². The summed E-state index contributed by atoms with van der Waals surface area (Å²) in [5, 5.41) is 16.4. The van der Waals surface area contributed by atoms with Gasteiger partial charge in [-0.25, -0.2) is 4.99 Å². The second-order valence-electron chi connectivity index (χ2n) is 7.51. The molecule has 1 saturated carbocycles. The number of hydrogen-bond acceptors (Lipinski definition) is 3. The second kappa shape index (κ2) is 9.74. The van der Waals surface area contributed by atoms with Crippen molar-refractivity contribution in [1.82, 2.24) is 10.6 Å². The van der Waals surface area contributed by atoms with Crippen molar-refractivity contribution in [3.63, 3.8) is 0 Å². The number of nitrogens with one attached hydrogen (secondary N) is 2. The monoisotopic (exact) mass is 372 g/mol. The fourth-order valence-corrected chi connectivity index (χ4v) is 3.76. The lowest BCUT2D eigenvalue weighted by atomic mass is 9.93.